The molecule has 0 aliphatic rings. The maximum Gasteiger partial charge on any atom is 0.167 e. The molecule has 1 aromatic carbocycles. The molecule has 0 bridgehead atoms. The monoisotopic (exact) mass is 343 g/mol. The molecule has 0 aliphatic carbocycles. The first-order chi connectivity index (χ1) is 11.8. The largest absolute Gasteiger partial charge is 0.356 e. The lowest BCUT2D eigenvalue weighted by Gasteiger charge is -1.98. The minimum Gasteiger partial charge on any atom is -0.356 e. The van der Waals surface area contributed by atoms with Crippen LogP contribution in [0, 0.1) is 5.82 Å². The van der Waals surface area contributed by atoms with Gasteiger partial charge in [-0.2, -0.15) is 0 Å². The Morgan fingerprint density at radius 3 is 2.58 bits per heavy atom. The first kappa shape index (κ1) is 16.9. The minimum absolute atomic E-state index is 0.250. The molecule has 2 nitrogen and oxygen atoms in total. The van der Waals surface area contributed by atoms with Crippen LogP contribution in [0.3, 0.4) is 0 Å². The van der Waals surface area contributed by atoms with Crippen molar-refractivity contribution in [3.05, 3.63) is 53.2 Å². The van der Waals surface area contributed by atoms with Crippen molar-refractivity contribution < 1.29 is 8.91 Å². The van der Waals surface area contributed by atoms with Crippen LogP contribution in [0.25, 0.3) is 21.9 Å². The van der Waals surface area contributed by atoms with E-state index in [1.807, 2.05) is 6.07 Å². The number of aromatic nitrogens is 1. The van der Waals surface area contributed by atoms with Crippen molar-refractivity contribution in [2.45, 2.75) is 45.4 Å². The third-order valence-corrected chi connectivity index (χ3v) is 5.25. The first-order valence-electron chi connectivity index (χ1n) is 8.58. The summed E-state index contributed by atoms with van der Waals surface area (Å²) in [6, 6.07) is 12.5. The van der Waals surface area contributed by atoms with E-state index in [1.165, 1.54) is 49.1 Å². The summed E-state index contributed by atoms with van der Waals surface area (Å²) in [6.07, 6.45) is 7.64. The molecule has 0 unspecified atom stereocenters. The van der Waals surface area contributed by atoms with Crippen LogP contribution in [-0.4, -0.2) is 5.16 Å². The highest BCUT2D eigenvalue weighted by molar-refractivity contribution is 7.15. The molecule has 0 fully saturated rings. The van der Waals surface area contributed by atoms with Gasteiger partial charge in [-0.1, -0.05) is 37.8 Å². The topological polar surface area (TPSA) is 26.0 Å². The van der Waals surface area contributed by atoms with E-state index in [-0.39, 0.29) is 5.82 Å². The molecule has 0 atom stereocenters. The number of rotatable bonds is 8. The number of nitrogens with zero attached hydrogens (tertiary/aromatic N) is 1. The fourth-order valence-corrected chi connectivity index (χ4v) is 3.70. The Bertz CT molecular complexity index is 760. The van der Waals surface area contributed by atoms with Crippen molar-refractivity contribution in [2.24, 2.45) is 0 Å². The Labute approximate surface area is 146 Å². The van der Waals surface area contributed by atoms with Gasteiger partial charge in [0.1, 0.15) is 11.5 Å². The first-order valence-corrected chi connectivity index (χ1v) is 9.39. The lowest BCUT2D eigenvalue weighted by molar-refractivity contribution is 0.435. The Balaban J connectivity index is 1.62. The Kier molecular flexibility index (Phi) is 5.81. The number of hydrogen-bond donors (Lipinski definition) is 0. The fraction of sp³-hybridized carbons (Fsp3) is 0.350. The molecule has 0 spiro atoms. The maximum absolute atomic E-state index is 13.0. The van der Waals surface area contributed by atoms with Crippen molar-refractivity contribution in [3.8, 4) is 21.9 Å². The van der Waals surface area contributed by atoms with Crippen LogP contribution in [0.15, 0.2) is 47.0 Å². The predicted octanol–water partition coefficient (Wildman–Crippen LogP) is 6.72. The average molecular weight is 343 g/mol. The summed E-state index contributed by atoms with van der Waals surface area (Å²) in [6.45, 7) is 2.24. The Hall–Kier alpha value is -1.94. The molecule has 0 saturated heterocycles. The summed E-state index contributed by atoms with van der Waals surface area (Å²) in [4.78, 5) is 2.52. The third-order valence-electron chi connectivity index (χ3n) is 4.08. The second-order valence-corrected chi connectivity index (χ2v) is 7.18. The SMILES string of the molecule is CCCCCCCc1ccc(-c2cc(-c3ccc(F)cc3)on2)s1. The van der Waals surface area contributed by atoms with Gasteiger partial charge in [0.15, 0.2) is 5.76 Å². The van der Waals surface area contributed by atoms with E-state index in [4.69, 9.17) is 4.52 Å². The molecule has 2 heterocycles. The van der Waals surface area contributed by atoms with Gasteiger partial charge in [0.2, 0.25) is 0 Å². The Morgan fingerprint density at radius 2 is 1.79 bits per heavy atom. The summed E-state index contributed by atoms with van der Waals surface area (Å²) in [5.74, 6) is 0.417. The lowest BCUT2D eigenvalue weighted by Crippen LogP contribution is -1.81. The molecule has 0 N–H and O–H groups in total. The van der Waals surface area contributed by atoms with Gasteiger partial charge in [-0.15, -0.1) is 11.3 Å². The number of unbranched alkanes of at least 4 members (excludes halogenated alkanes) is 4. The van der Waals surface area contributed by atoms with Gasteiger partial charge in [-0.25, -0.2) is 4.39 Å². The molecular formula is C20H22FNOS. The van der Waals surface area contributed by atoms with Crippen molar-refractivity contribution in [1.82, 2.24) is 5.16 Å². The van der Waals surface area contributed by atoms with Crippen LogP contribution in [0.1, 0.15) is 43.9 Å². The highest BCUT2D eigenvalue weighted by atomic mass is 32.1. The molecule has 24 heavy (non-hydrogen) atoms. The van der Waals surface area contributed by atoms with Gasteiger partial charge in [0.25, 0.3) is 0 Å². The summed E-state index contributed by atoms with van der Waals surface area (Å²) < 4.78 is 18.4. The van der Waals surface area contributed by atoms with Gasteiger partial charge in [0.05, 0.1) is 4.88 Å². The number of aryl methyl sites for hydroxylation is 1. The highest BCUT2D eigenvalue weighted by Gasteiger charge is 2.11. The fourth-order valence-electron chi connectivity index (χ4n) is 2.69. The number of thiophene rings is 1. The summed E-state index contributed by atoms with van der Waals surface area (Å²) in [5.41, 5.74) is 1.68. The van der Waals surface area contributed by atoms with Crippen LogP contribution in [-0.2, 0) is 6.42 Å². The third kappa shape index (κ3) is 4.32. The quantitative estimate of drug-likeness (QED) is 0.424. The van der Waals surface area contributed by atoms with Crippen molar-refractivity contribution in [2.75, 3.05) is 0 Å². The Morgan fingerprint density at radius 1 is 1.00 bits per heavy atom. The molecule has 0 radical (unpaired) electrons. The molecule has 0 aliphatic heterocycles. The van der Waals surface area contributed by atoms with Crippen LogP contribution in [0.4, 0.5) is 4.39 Å². The molecular weight excluding hydrogens is 321 g/mol. The zero-order valence-corrected chi connectivity index (χ0v) is 14.7. The van der Waals surface area contributed by atoms with E-state index in [2.05, 4.69) is 24.2 Å². The van der Waals surface area contributed by atoms with Gasteiger partial charge < -0.3 is 4.52 Å². The predicted molar refractivity (Wildman–Crippen MR) is 97.7 cm³/mol. The second-order valence-electron chi connectivity index (χ2n) is 6.01. The highest BCUT2D eigenvalue weighted by Crippen LogP contribution is 2.31. The normalized spacial score (nSPS) is 11.1. The van der Waals surface area contributed by atoms with E-state index < -0.39 is 0 Å². The van der Waals surface area contributed by atoms with Crippen molar-refractivity contribution >= 4 is 11.3 Å². The van der Waals surface area contributed by atoms with E-state index in [9.17, 15) is 4.39 Å². The lowest BCUT2D eigenvalue weighted by atomic mass is 10.1. The van der Waals surface area contributed by atoms with E-state index in [0.29, 0.717) is 5.76 Å². The molecule has 126 valence electrons. The molecule has 0 saturated carbocycles. The van der Waals surface area contributed by atoms with Crippen LogP contribution < -0.4 is 0 Å². The van der Waals surface area contributed by atoms with Crippen LogP contribution >= 0.6 is 11.3 Å². The number of hydrogen-bond acceptors (Lipinski definition) is 3. The van der Waals surface area contributed by atoms with Gasteiger partial charge in [0, 0.05) is 16.5 Å². The van der Waals surface area contributed by atoms with Gasteiger partial charge in [-0.3, -0.25) is 0 Å². The summed E-state index contributed by atoms with van der Waals surface area (Å²) in [5, 5.41) is 4.16. The molecule has 3 rings (SSSR count). The zero-order chi connectivity index (χ0) is 16.8. The van der Waals surface area contributed by atoms with Crippen LogP contribution in [0.2, 0.25) is 0 Å². The minimum atomic E-state index is -0.250. The molecule has 4 heteroatoms. The zero-order valence-electron chi connectivity index (χ0n) is 13.9. The van der Waals surface area contributed by atoms with Crippen LogP contribution in [0.5, 0.6) is 0 Å². The maximum atomic E-state index is 13.0. The number of benzene rings is 1. The molecule has 3 aromatic rings. The second kappa shape index (κ2) is 8.25. The molecule has 0 amide bonds. The number of halogens is 1. The smallest absolute Gasteiger partial charge is 0.167 e. The standard InChI is InChI=1S/C20H22FNOS/c1-2-3-4-5-6-7-17-12-13-20(24-17)18-14-19(23-22-18)15-8-10-16(21)11-9-15/h8-14H,2-7H2,1H3. The van der Waals surface area contributed by atoms with E-state index in [0.717, 1.165) is 22.6 Å². The van der Waals surface area contributed by atoms with Crippen molar-refractivity contribution in [1.29, 1.82) is 0 Å². The molecule has 2 aromatic heterocycles. The summed E-state index contributed by atoms with van der Waals surface area (Å²) in [7, 11) is 0. The average Bonchev–Trinajstić information content (AvgIpc) is 3.24. The van der Waals surface area contributed by atoms with Gasteiger partial charge >= 0.3 is 0 Å². The van der Waals surface area contributed by atoms with E-state index >= 15 is 0 Å². The van der Waals surface area contributed by atoms with Gasteiger partial charge in [-0.05, 0) is 49.2 Å². The van der Waals surface area contributed by atoms with E-state index in [1.54, 1.807) is 23.5 Å². The summed E-state index contributed by atoms with van der Waals surface area (Å²) >= 11 is 1.78. The van der Waals surface area contributed by atoms with Crippen molar-refractivity contribution in [3.63, 3.8) is 0 Å².